The summed E-state index contributed by atoms with van der Waals surface area (Å²) in [6, 6.07) is 1.77. The van der Waals surface area contributed by atoms with Crippen molar-refractivity contribution >= 4 is 28.3 Å². The van der Waals surface area contributed by atoms with E-state index in [9.17, 15) is 17.6 Å². The molecule has 8 heteroatoms. The van der Waals surface area contributed by atoms with Crippen LogP contribution in [0, 0.1) is 5.82 Å². The van der Waals surface area contributed by atoms with Crippen LogP contribution in [0.2, 0.25) is 0 Å². The minimum Gasteiger partial charge on any atom is -0.382 e. The largest absolute Gasteiger partial charge is 0.416 e. The Bertz CT molecular complexity index is 367. The van der Waals surface area contributed by atoms with Gasteiger partial charge in [0.05, 0.1) is 6.04 Å². The van der Waals surface area contributed by atoms with E-state index in [1.165, 1.54) is 12.1 Å². The average Bonchev–Trinajstić information content (AvgIpc) is 2.14. The van der Waals surface area contributed by atoms with Gasteiger partial charge in [-0.05, 0) is 12.1 Å². The zero-order valence-corrected chi connectivity index (χ0v) is 10.6. The third kappa shape index (κ3) is 3.80. The van der Waals surface area contributed by atoms with Crippen molar-refractivity contribution in [2.45, 2.75) is 18.3 Å². The fourth-order valence-corrected chi connectivity index (χ4v) is 1.80. The predicted molar refractivity (Wildman–Crippen MR) is 60.3 cm³/mol. The first kappa shape index (κ1) is 16.6. The summed E-state index contributed by atoms with van der Waals surface area (Å²) in [4.78, 5) is 0. The molecule has 0 amide bonds. The van der Waals surface area contributed by atoms with Crippen molar-refractivity contribution in [3.63, 3.8) is 0 Å². The van der Waals surface area contributed by atoms with Gasteiger partial charge in [-0.15, -0.1) is 12.4 Å². The summed E-state index contributed by atoms with van der Waals surface area (Å²) in [6.45, 7) is 0. The van der Waals surface area contributed by atoms with Crippen molar-refractivity contribution in [3.05, 3.63) is 34.1 Å². The Kier molecular flexibility index (Phi) is 5.86. The van der Waals surface area contributed by atoms with E-state index < -0.39 is 29.7 Å². The van der Waals surface area contributed by atoms with E-state index in [0.29, 0.717) is 0 Å². The highest BCUT2D eigenvalue weighted by molar-refractivity contribution is 9.10. The topological polar surface area (TPSA) is 46.2 Å². The predicted octanol–water partition coefficient (Wildman–Crippen LogP) is 2.93. The van der Waals surface area contributed by atoms with Gasteiger partial charge in [0.2, 0.25) is 0 Å². The number of aliphatic hydroxyl groups is 1. The van der Waals surface area contributed by atoms with Gasteiger partial charge in [0.15, 0.2) is 6.10 Å². The Hall–Kier alpha value is -0.370. The van der Waals surface area contributed by atoms with Crippen LogP contribution in [0.1, 0.15) is 11.6 Å². The van der Waals surface area contributed by atoms with E-state index in [1.807, 2.05) is 0 Å². The summed E-state index contributed by atoms with van der Waals surface area (Å²) in [7, 11) is 0. The summed E-state index contributed by atoms with van der Waals surface area (Å²) < 4.78 is 49.9. The van der Waals surface area contributed by atoms with Gasteiger partial charge in [-0.3, -0.25) is 0 Å². The first-order chi connectivity index (χ1) is 7.25. The Morgan fingerprint density at radius 1 is 1.29 bits per heavy atom. The minimum atomic E-state index is -4.89. The lowest BCUT2D eigenvalue weighted by molar-refractivity contribution is -0.210. The van der Waals surface area contributed by atoms with Crippen LogP contribution in [0.15, 0.2) is 22.7 Å². The lowest BCUT2D eigenvalue weighted by Gasteiger charge is -2.22. The molecule has 3 N–H and O–H groups in total. The van der Waals surface area contributed by atoms with E-state index in [-0.39, 0.29) is 16.9 Å². The molecule has 0 fully saturated rings. The zero-order chi connectivity index (χ0) is 12.5. The van der Waals surface area contributed by atoms with Crippen LogP contribution in [0.25, 0.3) is 0 Å². The normalized spacial score (nSPS) is 15.0. The molecule has 0 bridgehead atoms. The van der Waals surface area contributed by atoms with Crippen LogP contribution in [-0.4, -0.2) is 17.4 Å². The SMILES string of the molecule is Cl.N[C@@H](c1c(F)cccc1Br)[C@H](O)C(F)(F)F. The molecule has 2 atom stereocenters. The third-order valence-corrected chi connectivity index (χ3v) is 2.70. The number of hydrogen-bond acceptors (Lipinski definition) is 2. The molecule has 0 heterocycles. The zero-order valence-electron chi connectivity index (χ0n) is 8.21. The molecule has 0 aliphatic carbocycles. The molecule has 0 radical (unpaired) electrons. The number of nitrogens with two attached hydrogens (primary N) is 1. The number of hydrogen-bond donors (Lipinski definition) is 2. The van der Waals surface area contributed by atoms with E-state index in [2.05, 4.69) is 15.9 Å². The second-order valence-electron chi connectivity index (χ2n) is 3.15. The Balaban J connectivity index is 0.00000256. The van der Waals surface area contributed by atoms with E-state index in [4.69, 9.17) is 10.8 Å². The Morgan fingerprint density at radius 2 is 1.82 bits per heavy atom. The first-order valence-electron chi connectivity index (χ1n) is 4.19. The van der Waals surface area contributed by atoms with Gasteiger partial charge in [0.1, 0.15) is 5.82 Å². The van der Waals surface area contributed by atoms with Crippen molar-refractivity contribution in [1.29, 1.82) is 0 Å². The molecule has 0 aliphatic heterocycles. The van der Waals surface area contributed by atoms with Gasteiger partial charge in [0.25, 0.3) is 0 Å². The molecule has 17 heavy (non-hydrogen) atoms. The molecule has 2 nitrogen and oxygen atoms in total. The second kappa shape index (κ2) is 5.99. The van der Waals surface area contributed by atoms with Crippen molar-refractivity contribution in [1.82, 2.24) is 0 Å². The summed E-state index contributed by atoms with van der Waals surface area (Å²) in [6.07, 6.45) is -7.69. The maximum Gasteiger partial charge on any atom is 0.416 e. The molecular weight excluding hydrogens is 329 g/mol. The van der Waals surface area contributed by atoms with Crippen LogP contribution in [0.3, 0.4) is 0 Å². The van der Waals surface area contributed by atoms with Gasteiger partial charge in [-0.1, -0.05) is 22.0 Å². The lowest BCUT2D eigenvalue weighted by atomic mass is 10.0. The maximum atomic E-state index is 13.3. The Labute approximate surface area is 109 Å². The van der Waals surface area contributed by atoms with Gasteiger partial charge >= 0.3 is 6.18 Å². The first-order valence-corrected chi connectivity index (χ1v) is 4.98. The molecule has 1 aromatic carbocycles. The van der Waals surface area contributed by atoms with Crippen LogP contribution in [0.4, 0.5) is 17.6 Å². The quantitative estimate of drug-likeness (QED) is 0.815. The summed E-state index contributed by atoms with van der Waals surface area (Å²) in [5, 5.41) is 8.92. The van der Waals surface area contributed by atoms with E-state index in [0.717, 1.165) is 6.07 Å². The van der Waals surface area contributed by atoms with Gasteiger partial charge in [0, 0.05) is 10.0 Å². The highest BCUT2D eigenvalue weighted by atomic mass is 79.9. The smallest absolute Gasteiger partial charge is 0.382 e. The maximum absolute atomic E-state index is 13.3. The summed E-state index contributed by atoms with van der Waals surface area (Å²) >= 11 is 2.88. The lowest BCUT2D eigenvalue weighted by Crippen LogP contribution is -2.39. The van der Waals surface area contributed by atoms with Crippen LogP contribution in [0.5, 0.6) is 0 Å². The van der Waals surface area contributed by atoms with Crippen molar-refractivity contribution in [3.8, 4) is 0 Å². The fourth-order valence-electron chi connectivity index (χ4n) is 1.19. The molecule has 98 valence electrons. The van der Waals surface area contributed by atoms with Crippen molar-refractivity contribution in [2.24, 2.45) is 5.73 Å². The molecule has 0 unspecified atom stereocenters. The standard InChI is InChI=1S/C9H8BrF4NO.ClH/c10-4-2-1-3-5(11)6(4)7(15)8(16)9(12,13)14;/h1-3,7-8,16H,15H2;1H/t7-,8-;/m0./s1. The molecule has 1 aromatic rings. The molecule has 0 saturated carbocycles. The van der Waals surface area contributed by atoms with E-state index >= 15 is 0 Å². The fraction of sp³-hybridized carbons (Fsp3) is 0.333. The summed E-state index contributed by atoms with van der Waals surface area (Å²) in [5.41, 5.74) is 4.79. The minimum absolute atomic E-state index is 0. The van der Waals surface area contributed by atoms with Gasteiger partial charge in [-0.25, -0.2) is 4.39 Å². The molecule has 0 saturated heterocycles. The number of alkyl halides is 3. The van der Waals surface area contributed by atoms with Gasteiger partial charge in [-0.2, -0.15) is 13.2 Å². The monoisotopic (exact) mass is 337 g/mol. The van der Waals surface area contributed by atoms with Crippen molar-refractivity contribution in [2.75, 3.05) is 0 Å². The molecule has 0 aromatic heterocycles. The summed E-state index contributed by atoms with van der Waals surface area (Å²) in [5.74, 6) is -0.898. The van der Waals surface area contributed by atoms with Gasteiger partial charge < -0.3 is 10.8 Å². The van der Waals surface area contributed by atoms with Crippen LogP contribution < -0.4 is 5.73 Å². The second-order valence-corrected chi connectivity index (χ2v) is 4.00. The number of aliphatic hydroxyl groups excluding tert-OH is 1. The third-order valence-electron chi connectivity index (χ3n) is 2.01. The molecule has 0 spiro atoms. The van der Waals surface area contributed by atoms with Crippen LogP contribution in [-0.2, 0) is 0 Å². The van der Waals surface area contributed by atoms with Crippen molar-refractivity contribution < 1.29 is 22.7 Å². The average molecular weight is 339 g/mol. The Morgan fingerprint density at radius 3 is 2.24 bits per heavy atom. The van der Waals surface area contributed by atoms with E-state index in [1.54, 1.807) is 0 Å². The number of rotatable bonds is 2. The number of benzene rings is 1. The van der Waals surface area contributed by atoms with Crippen LogP contribution >= 0.6 is 28.3 Å². The number of halogens is 6. The molecule has 0 aliphatic rings. The highest BCUT2D eigenvalue weighted by Gasteiger charge is 2.43. The molecule has 1 rings (SSSR count). The molecular formula is C9H9BrClF4NO. The highest BCUT2D eigenvalue weighted by Crippen LogP contribution is 2.33.